The highest BCUT2D eigenvalue weighted by molar-refractivity contribution is 7.15. The summed E-state index contributed by atoms with van der Waals surface area (Å²) in [6, 6.07) is 16.7. The highest BCUT2D eigenvalue weighted by atomic mass is 32.1. The first-order chi connectivity index (χ1) is 14.2. The van der Waals surface area contributed by atoms with Gasteiger partial charge in [-0.1, -0.05) is 54.6 Å². The van der Waals surface area contributed by atoms with E-state index >= 15 is 0 Å². The van der Waals surface area contributed by atoms with Crippen LogP contribution >= 0.6 is 11.3 Å². The number of fused-ring (bicyclic) bond motifs is 1. The molecule has 1 aromatic heterocycles. The van der Waals surface area contributed by atoms with E-state index in [-0.39, 0.29) is 0 Å². The van der Waals surface area contributed by atoms with E-state index in [4.69, 9.17) is 10.5 Å². The highest BCUT2D eigenvalue weighted by Crippen LogP contribution is 2.24. The van der Waals surface area contributed by atoms with Gasteiger partial charge in [0.25, 0.3) is 0 Å². The number of rotatable bonds is 6. The van der Waals surface area contributed by atoms with E-state index in [1.807, 2.05) is 18.2 Å². The Balaban J connectivity index is 1.33. The molecule has 0 saturated heterocycles. The molecule has 0 saturated carbocycles. The van der Waals surface area contributed by atoms with Crippen molar-refractivity contribution < 1.29 is 4.74 Å². The molecule has 0 unspecified atom stereocenters. The van der Waals surface area contributed by atoms with Gasteiger partial charge in [0.2, 0.25) is 0 Å². The van der Waals surface area contributed by atoms with Crippen molar-refractivity contribution in [2.45, 2.75) is 26.4 Å². The summed E-state index contributed by atoms with van der Waals surface area (Å²) in [5.41, 5.74) is 10.5. The lowest BCUT2D eigenvalue weighted by molar-refractivity contribution is 0.304. The SMILES string of the molecule is Cc1ccc(/C=C/CN2CCc3nc(N)sc3CC2)cc1OCc1ccccc1. The van der Waals surface area contributed by atoms with Crippen LogP contribution in [0.25, 0.3) is 6.08 Å². The summed E-state index contributed by atoms with van der Waals surface area (Å²) in [5.74, 6) is 0.943. The predicted molar refractivity (Wildman–Crippen MR) is 121 cm³/mol. The van der Waals surface area contributed by atoms with E-state index in [0.717, 1.165) is 43.8 Å². The Bertz CT molecular complexity index is 956. The van der Waals surface area contributed by atoms with E-state index < -0.39 is 0 Å². The number of aryl methyl sites for hydroxylation is 1. The molecule has 0 bridgehead atoms. The maximum atomic E-state index is 6.05. The van der Waals surface area contributed by atoms with Crippen molar-refractivity contribution in [1.82, 2.24) is 9.88 Å². The average Bonchev–Trinajstić information content (AvgIpc) is 2.99. The molecule has 2 aromatic carbocycles. The van der Waals surface area contributed by atoms with Gasteiger partial charge in [0.15, 0.2) is 5.13 Å². The first kappa shape index (κ1) is 19.7. The Morgan fingerprint density at radius 3 is 2.83 bits per heavy atom. The lowest BCUT2D eigenvalue weighted by atomic mass is 10.1. The van der Waals surface area contributed by atoms with Gasteiger partial charge in [-0.3, -0.25) is 4.90 Å². The lowest BCUT2D eigenvalue weighted by Gasteiger charge is -2.17. The van der Waals surface area contributed by atoms with Crippen LogP contribution in [0, 0.1) is 6.92 Å². The Labute approximate surface area is 176 Å². The number of hydrogen-bond acceptors (Lipinski definition) is 5. The number of nitrogens with two attached hydrogens (primary N) is 1. The number of benzene rings is 2. The molecule has 150 valence electrons. The zero-order valence-electron chi connectivity index (χ0n) is 16.8. The van der Waals surface area contributed by atoms with Crippen LogP contribution in [-0.2, 0) is 19.4 Å². The largest absolute Gasteiger partial charge is 0.489 e. The van der Waals surface area contributed by atoms with Gasteiger partial charge < -0.3 is 10.5 Å². The van der Waals surface area contributed by atoms with Gasteiger partial charge in [-0.05, 0) is 36.1 Å². The fourth-order valence-electron chi connectivity index (χ4n) is 3.56. The summed E-state index contributed by atoms with van der Waals surface area (Å²) in [6.45, 7) is 5.70. The fraction of sp³-hybridized carbons (Fsp3) is 0.292. The number of hydrogen-bond donors (Lipinski definition) is 1. The molecule has 5 heteroatoms. The van der Waals surface area contributed by atoms with Crippen LogP contribution in [0.1, 0.15) is 27.3 Å². The van der Waals surface area contributed by atoms with Gasteiger partial charge in [-0.15, -0.1) is 11.3 Å². The molecular weight excluding hydrogens is 378 g/mol. The Kier molecular flexibility index (Phi) is 6.27. The molecular formula is C24H27N3OS. The molecule has 0 aliphatic carbocycles. The fourth-order valence-corrected chi connectivity index (χ4v) is 4.43. The number of thiazole rings is 1. The van der Waals surface area contributed by atoms with Crippen LogP contribution in [0.4, 0.5) is 5.13 Å². The van der Waals surface area contributed by atoms with Crippen molar-refractivity contribution in [2.75, 3.05) is 25.4 Å². The topological polar surface area (TPSA) is 51.4 Å². The summed E-state index contributed by atoms with van der Waals surface area (Å²) < 4.78 is 6.05. The summed E-state index contributed by atoms with van der Waals surface area (Å²) in [7, 11) is 0. The van der Waals surface area contributed by atoms with E-state index in [9.17, 15) is 0 Å². The lowest BCUT2D eigenvalue weighted by Crippen LogP contribution is -2.26. The molecule has 3 aromatic rings. The van der Waals surface area contributed by atoms with Crippen molar-refractivity contribution in [2.24, 2.45) is 0 Å². The van der Waals surface area contributed by atoms with Crippen molar-refractivity contribution >= 4 is 22.5 Å². The zero-order chi connectivity index (χ0) is 20.1. The number of anilines is 1. The molecule has 4 rings (SSSR count). The molecule has 1 aliphatic heterocycles. The van der Waals surface area contributed by atoms with Crippen LogP contribution < -0.4 is 10.5 Å². The second-order valence-electron chi connectivity index (χ2n) is 7.42. The van der Waals surface area contributed by atoms with E-state index in [1.54, 1.807) is 11.3 Å². The third-order valence-corrected chi connectivity index (χ3v) is 6.22. The standard InChI is InChI=1S/C24H27N3OS/c1-18-9-10-19(16-22(18)28-17-20-6-3-2-4-7-20)8-5-13-27-14-11-21-23(12-15-27)29-24(25)26-21/h2-10,16H,11-15,17H2,1H3,(H2,25,26)/b8-5+. The molecule has 4 nitrogen and oxygen atoms in total. The van der Waals surface area contributed by atoms with Gasteiger partial charge in [0, 0.05) is 30.9 Å². The maximum absolute atomic E-state index is 6.05. The van der Waals surface area contributed by atoms with Crippen LogP contribution in [0.5, 0.6) is 5.75 Å². The van der Waals surface area contributed by atoms with Gasteiger partial charge in [0.05, 0.1) is 5.69 Å². The van der Waals surface area contributed by atoms with Crippen LogP contribution in [0.15, 0.2) is 54.6 Å². The molecule has 0 atom stereocenters. The van der Waals surface area contributed by atoms with Crippen molar-refractivity contribution in [3.8, 4) is 5.75 Å². The summed E-state index contributed by atoms with van der Waals surface area (Å²) in [5, 5.41) is 0.702. The minimum Gasteiger partial charge on any atom is -0.489 e. The second kappa shape index (κ2) is 9.25. The second-order valence-corrected chi connectivity index (χ2v) is 8.54. The van der Waals surface area contributed by atoms with Crippen molar-refractivity contribution in [1.29, 1.82) is 0 Å². The van der Waals surface area contributed by atoms with Gasteiger partial charge >= 0.3 is 0 Å². The third kappa shape index (κ3) is 5.25. The Morgan fingerprint density at radius 2 is 1.97 bits per heavy atom. The summed E-state index contributed by atoms with van der Waals surface area (Å²) in [6.07, 6.45) is 6.46. The smallest absolute Gasteiger partial charge is 0.180 e. The van der Waals surface area contributed by atoms with E-state index in [2.05, 4.69) is 59.3 Å². The molecule has 0 radical (unpaired) electrons. The Hall–Kier alpha value is -2.63. The zero-order valence-corrected chi connectivity index (χ0v) is 17.6. The molecule has 29 heavy (non-hydrogen) atoms. The molecule has 2 N–H and O–H groups in total. The van der Waals surface area contributed by atoms with E-state index in [1.165, 1.54) is 21.7 Å². The molecule has 1 aliphatic rings. The molecule has 0 amide bonds. The maximum Gasteiger partial charge on any atom is 0.180 e. The van der Waals surface area contributed by atoms with E-state index in [0.29, 0.717) is 11.7 Å². The first-order valence-corrected chi connectivity index (χ1v) is 10.9. The first-order valence-electron chi connectivity index (χ1n) is 10.1. The monoisotopic (exact) mass is 405 g/mol. The minimum absolute atomic E-state index is 0.589. The highest BCUT2D eigenvalue weighted by Gasteiger charge is 2.16. The average molecular weight is 406 g/mol. The van der Waals surface area contributed by atoms with Crippen molar-refractivity contribution in [3.63, 3.8) is 0 Å². The number of nitrogens with zero attached hydrogens (tertiary/aromatic N) is 2. The van der Waals surface area contributed by atoms with Crippen LogP contribution in [0.2, 0.25) is 0 Å². The quantitative estimate of drug-likeness (QED) is 0.644. The van der Waals surface area contributed by atoms with Crippen molar-refractivity contribution in [3.05, 3.63) is 81.9 Å². The normalized spacial score (nSPS) is 14.7. The molecule has 0 spiro atoms. The van der Waals surface area contributed by atoms with Gasteiger partial charge in [-0.2, -0.15) is 0 Å². The van der Waals surface area contributed by atoms with Crippen LogP contribution in [-0.4, -0.2) is 29.5 Å². The predicted octanol–water partition coefficient (Wildman–Crippen LogP) is 4.73. The summed E-state index contributed by atoms with van der Waals surface area (Å²) in [4.78, 5) is 8.30. The van der Waals surface area contributed by atoms with Gasteiger partial charge in [0.1, 0.15) is 12.4 Å². The molecule has 0 fully saturated rings. The Morgan fingerprint density at radius 1 is 1.14 bits per heavy atom. The molecule has 2 heterocycles. The van der Waals surface area contributed by atoms with Gasteiger partial charge in [-0.25, -0.2) is 4.98 Å². The van der Waals surface area contributed by atoms with Crippen LogP contribution in [0.3, 0.4) is 0 Å². The third-order valence-electron chi connectivity index (χ3n) is 5.24. The minimum atomic E-state index is 0.589. The summed E-state index contributed by atoms with van der Waals surface area (Å²) >= 11 is 1.64. The number of aromatic nitrogens is 1. The number of ether oxygens (including phenoxy) is 1. The number of nitrogen functional groups attached to an aromatic ring is 1.